The fourth-order valence-corrected chi connectivity index (χ4v) is 5.41. The van der Waals surface area contributed by atoms with Crippen molar-refractivity contribution in [3.05, 3.63) is 76.3 Å². The molecule has 7 heteroatoms. The number of carbonyl (C=O) groups excluding carboxylic acids is 1. The maximum absolute atomic E-state index is 13.5. The van der Waals surface area contributed by atoms with Gasteiger partial charge in [0.15, 0.2) is 0 Å². The molecular weight excluding hydrogens is 438 g/mol. The number of piperazine rings is 1. The topological polar surface area (TPSA) is 70.5 Å². The maximum atomic E-state index is 13.5. The van der Waals surface area contributed by atoms with Gasteiger partial charge in [0.05, 0.1) is 23.5 Å². The zero-order valence-corrected chi connectivity index (χ0v) is 20.5. The summed E-state index contributed by atoms with van der Waals surface area (Å²) < 4.78 is 1.82. The number of urea groups is 1. The van der Waals surface area contributed by atoms with Crippen molar-refractivity contribution >= 4 is 16.9 Å². The lowest BCUT2D eigenvalue weighted by Crippen LogP contribution is -2.54. The molecule has 1 aliphatic heterocycles. The fraction of sp³-hybridized carbons (Fsp3) is 0.464. The number of rotatable bonds is 5. The van der Waals surface area contributed by atoms with E-state index < -0.39 is 0 Å². The molecule has 0 bridgehead atoms. The van der Waals surface area contributed by atoms with E-state index in [1.807, 2.05) is 64.1 Å². The first-order valence-corrected chi connectivity index (χ1v) is 12.9. The van der Waals surface area contributed by atoms with Gasteiger partial charge in [0, 0.05) is 32.2 Å². The van der Waals surface area contributed by atoms with Crippen molar-refractivity contribution in [3.63, 3.8) is 0 Å². The first kappa shape index (κ1) is 23.5. The number of benzene rings is 2. The van der Waals surface area contributed by atoms with Gasteiger partial charge in [-0.1, -0.05) is 61.7 Å². The van der Waals surface area contributed by atoms with E-state index in [0.29, 0.717) is 31.1 Å². The van der Waals surface area contributed by atoms with Gasteiger partial charge in [-0.3, -0.25) is 14.3 Å². The average molecular weight is 474 g/mol. The van der Waals surface area contributed by atoms with Gasteiger partial charge in [-0.2, -0.15) is 0 Å². The second-order valence-electron chi connectivity index (χ2n) is 9.85. The molecule has 0 radical (unpaired) electrons. The first-order chi connectivity index (χ1) is 17.1. The Hall–Kier alpha value is -3.19. The summed E-state index contributed by atoms with van der Waals surface area (Å²) in [7, 11) is 0. The normalized spacial score (nSPS) is 18.5. The van der Waals surface area contributed by atoms with Gasteiger partial charge in [0.2, 0.25) is 0 Å². The third kappa shape index (κ3) is 5.25. The number of aromatic nitrogens is 2. The van der Waals surface area contributed by atoms with Crippen LogP contribution in [0.4, 0.5) is 4.79 Å². The van der Waals surface area contributed by atoms with Crippen LogP contribution in [0.25, 0.3) is 10.9 Å². The highest BCUT2D eigenvalue weighted by Gasteiger charge is 2.28. The highest BCUT2D eigenvalue weighted by molar-refractivity contribution is 5.77. The Bertz CT molecular complexity index is 1210. The molecular formula is C28H35N5O2. The number of hydrogen-bond acceptors (Lipinski definition) is 4. The van der Waals surface area contributed by atoms with E-state index in [0.717, 1.165) is 42.8 Å². The molecule has 2 aliphatic rings. The van der Waals surface area contributed by atoms with Crippen molar-refractivity contribution in [2.45, 2.75) is 57.7 Å². The van der Waals surface area contributed by atoms with E-state index in [2.05, 4.69) is 17.1 Å². The second-order valence-corrected chi connectivity index (χ2v) is 9.85. The summed E-state index contributed by atoms with van der Waals surface area (Å²) in [5.41, 5.74) is 1.80. The highest BCUT2D eigenvalue weighted by atomic mass is 16.2. The monoisotopic (exact) mass is 473 g/mol. The van der Waals surface area contributed by atoms with Crippen molar-refractivity contribution in [3.8, 4) is 0 Å². The van der Waals surface area contributed by atoms with E-state index in [1.54, 1.807) is 0 Å². The van der Waals surface area contributed by atoms with Crippen LogP contribution in [0.15, 0.2) is 59.4 Å². The van der Waals surface area contributed by atoms with Gasteiger partial charge in [-0.15, -0.1) is 0 Å². The lowest BCUT2D eigenvalue weighted by molar-refractivity contribution is 0.107. The molecule has 1 N–H and O–H groups in total. The van der Waals surface area contributed by atoms with E-state index in [1.165, 1.54) is 19.3 Å². The summed E-state index contributed by atoms with van der Waals surface area (Å²) in [5.74, 6) is 0.776. The van der Waals surface area contributed by atoms with Gasteiger partial charge in [-0.25, -0.2) is 9.78 Å². The lowest BCUT2D eigenvalue weighted by atomic mass is 9.96. The van der Waals surface area contributed by atoms with Crippen LogP contribution in [0, 0.1) is 0 Å². The van der Waals surface area contributed by atoms with Crippen molar-refractivity contribution < 1.29 is 4.79 Å². The minimum absolute atomic E-state index is 0.00759. The second kappa shape index (κ2) is 10.6. The summed E-state index contributed by atoms with van der Waals surface area (Å²) in [6.45, 7) is 5.48. The van der Waals surface area contributed by atoms with Crippen LogP contribution in [0.3, 0.4) is 0 Å². The van der Waals surface area contributed by atoms with Gasteiger partial charge >= 0.3 is 6.03 Å². The Morgan fingerprint density at radius 1 is 0.971 bits per heavy atom. The molecule has 1 unspecified atom stereocenters. The number of carbonyl (C=O) groups is 1. The predicted octanol–water partition coefficient (Wildman–Crippen LogP) is 4.17. The Morgan fingerprint density at radius 3 is 2.40 bits per heavy atom. The Kier molecular flexibility index (Phi) is 7.13. The molecule has 1 aromatic heterocycles. The first-order valence-electron chi connectivity index (χ1n) is 12.9. The summed E-state index contributed by atoms with van der Waals surface area (Å²) in [6.07, 6.45) is 5.88. The maximum Gasteiger partial charge on any atom is 0.317 e. The Balaban J connectivity index is 1.34. The van der Waals surface area contributed by atoms with Crippen molar-refractivity contribution in [1.29, 1.82) is 0 Å². The van der Waals surface area contributed by atoms with E-state index in [-0.39, 0.29) is 17.6 Å². The van der Waals surface area contributed by atoms with Crippen molar-refractivity contribution in [2.75, 3.05) is 26.2 Å². The van der Waals surface area contributed by atoms with E-state index >= 15 is 0 Å². The Labute approximate surface area is 206 Å². The molecule has 2 heterocycles. The lowest BCUT2D eigenvalue weighted by Gasteiger charge is -2.39. The fourth-order valence-electron chi connectivity index (χ4n) is 5.41. The predicted molar refractivity (Wildman–Crippen MR) is 139 cm³/mol. The molecule has 0 spiro atoms. The number of nitrogens with one attached hydrogen (secondary N) is 1. The van der Waals surface area contributed by atoms with Crippen LogP contribution in [0.1, 0.15) is 56.5 Å². The van der Waals surface area contributed by atoms with Crippen molar-refractivity contribution in [1.82, 2.24) is 24.7 Å². The molecule has 1 saturated heterocycles. The molecule has 2 fully saturated rings. The van der Waals surface area contributed by atoms with Crippen LogP contribution in [-0.4, -0.2) is 57.6 Å². The minimum atomic E-state index is -0.0421. The third-order valence-electron chi connectivity index (χ3n) is 7.53. The molecule has 35 heavy (non-hydrogen) atoms. The van der Waals surface area contributed by atoms with Crippen molar-refractivity contribution in [2.24, 2.45) is 0 Å². The van der Waals surface area contributed by atoms with Crippen LogP contribution in [0.2, 0.25) is 0 Å². The van der Waals surface area contributed by atoms with Crippen LogP contribution < -0.4 is 10.9 Å². The molecule has 5 rings (SSSR count). The standard InChI is InChI=1S/C28H35N5O2/c1-21(31-16-18-32(19-17-31)28(35)29-23-12-6-3-7-13-23)26-30-25-15-9-8-14-24(25)27(34)33(26)20-22-10-4-2-5-11-22/h2,4-5,8-11,14-15,21,23H,3,6-7,12-13,16-20H2,1H3,(H,29,35). The smallest absolute Gasteiger partial charge is 0.317 e. The molecule has 1 atom stereocenters. The summed E-state index contributed by atoms with van der Waals surface area (Å²) in [6, 6.07) is 18.0. The quantitative estimate of drug-likeness (QED) is 0.604. The number of para-hydroxylation sites is 1. The molecule has 1 saturated carbocycles. The molecule has 7 nitrogen and oxygen atoms in total. The molecule has 184 valence electrons. The molecule has 2 amide bonds. The summed E-state index contributed by atoms with van der Waals surface area (Å²) in [5, 5.41) is 3.88. The van der Waals surface area contributed by atoms with Gasteiger partial charge in [0.1, 0.15) is 5.82 Å². The minimum Gasteiger partial charge on any atom is -0.335 e. The van der Waals surface area contributed by atoms with Gasteiger partial charge in [0.25, 0.3) is 5.56 Å². The van der Waals surface area contributed by atoms with Gasteiger partial charge in [-0.05, 0) is 37.5 Å². The zero-order valence-electron chi connectivity index (χ0n) is 20.5. The zero-order chi connectivity index (χ0) is 24.2. The highest BCUT2D eigenvalue weighted by Crippen LogP contribution is 2.23. The summed E-state index contributed by atoms with van der Waals surface area (Å²) in [4.78, 5) is 35.6. The molecule has 1 aliphatic carbocycles. The average Bonchev–Trinajstić information content (AvgIpc) is 2.91. The third-order valence-corrected chi connectivity index (χ3v) is 7.53. The largest absolute Gasteiger partial charge is 0.335 e. The van der Waals surface area contributed by atoms with E-state index in [4.69, 9.17) is 4.98 Å². The molecule has 3 aromatic rings. The van der Waals surface area contributed by atoms with Crippen LogP contribution in [0.5, 0.6) is 0 Å². The number of nitrogens with zero attached hydrogens (tertiary/aromatic N) is 4. The van der Waals surface area contributed by atoms with Gasteiger partial charge < -0.3 is 10.2 Å². The Morgan fingerprint density at radius 2 is 1.66 bits per heavy atom. The molecule has 2 aromatic carbocycles. The van der Waals surface area contributed by atoms with E-state index in [9.17, 15) is 9.59 Å². The van der Waals surface area contributed by atoms with Crippen LogP contribution >= 0.6 is 0 Å². The SMILES string of the molecule is CC(c1nc2ccccc2c(=O)n1Cc1ccccc1)N1CCN(C(=O)NC2CCCCC2)CC1. The van der Waals surface area contributed by atoms with Crippen LogP contribution in [-0.2, 0) is 6.54 Å². The number of hydrogen-bond donors (Lipinski definition) is 1. The number of amides is 2. The number of fused-ring (bicyclic) bond motifs is 1. The summed E-state index contributed by atoms with van der Waals surface area (Å²) >= 11 is 0.